The van der Waals surface area contributed by atoms with Gasteiger partial charge in [-0.1, -0.05) is 0 Å². The summed E-state index contributed by atoms with van der Waals surface area (Å²) in [6.45, 7) is 1.96. The van der Waals surface area contributed by atoms with E-state index in [0.29, 0.717) is 5.82 Å². The van der Waals surface area contributed by atoms with Gasteiger partial charge in [-0.3, -0.25) is 0 Å². The molecule has 0 fully saturated rings. The lowest BCUT2D eigenvalue weighted by Gasteiger charge is -2.11. The molecule has 1 unspecified atom stereocenters. The van der Waals surface area contributed by atoms with Gasteiger partial charge in [0, 0.05) is 19.2 Å². The molecule has 1 heterocycles. The van der Waals surface area contributed by atoms with Gasteiger partial charge in [0.15, 0.2) is 0 Å². The van der Waals surface area contributed by atoms with Crippen LogP contribution in [0.4, 0.5) is 11.6 Å². The molecule has 13 heavy (non-hydrogen) atoms. The standard InChI is InChI=1S/C8H14N4O/c1-6(4-13)12-8-3-7(9-2)10-5-11-8/h3,5-6,13H,4H2,1-2H3,(H2,9,10,11,12). The van der Waals surface area contributed by atoms with Gasteiger partial charge in [0.1, 0.15) is 18.0 Å². The molecule has 0 amide bonds. The monoisotopic (exact) mass is 182 g/mol. The highest BCUT2D eigenvalue weighted by Gasteiger charge is 2.01. The van der Waals surface area contributed by atoms with Crippen molar-refractivity contribution in [1.82, 2.24) is 9.97 Å². The van der Waals surface area contributed by atoms with Crippen molar-refractivity contribution in [2.75, 3.05) is 24.3 Å². The Morgan fingerprint density at radius 1 is 1.46 bits per heavy atom. The minimum absolute atomic E-state index is 0.000365. The summed E-state index contributed by atoms with van der Waals surface area (Å²) in [7, 11) is 1.79. The zero-order chi connectivity index (χ0) is 9.68. The lowest BCUT2D eigenvalue weighted by Crippen LogP contribution is -2.20. The first-order chi connectivity index (χ1) is 6.26. The van der Waals surface area contributed by atoms with E-state index in [9.17, 15) is 0 Å². The Kier molecular flexibility index (Phi) is 3.45. The predicted molar refractivity (Wildman–Crippen MR) is 51.7 cm³/mol. The van der Waals surface area contributed by atoms with Crippen molar-refractivity contribution in [1.29, 1.82) is 0 Å². The fraction of sp³-hybridized carbons (Fsp3) is 0.500. The van der Waals surface area contributed by atoms with Gasteiger partial charge in [-0.2, -0.15) is 0 Å². The van der Waals surface area contributed by atoms with Crippen LogP contribution in [0.2, 0.25) is 0 Å². The Labute approximate surface area is 77.2 Å². The summed E-state index contributed by atoms with van der Waals surface area (Å²) >= 11 is 0. The number of aliphatic hydroxyl groups excluding tert-OH is 1. The van der Waals surface area contributed by atoms with E-state index in [2.05, 4.69) is 20.6 Å². The molecule has 0 spiro atoms. The molecule has 5 nitrogen and oxygen atoms in total. The summed E-state index contributed by atoms with van der Waals surface area (Å²) in [5, 5.41) is 14.7. The summed E-state index contributed by atoms with van der Waals surface area (Å²) < 4.78 is 0. The number of rotatable bonds is 4. The van der Waals surface area contributed by atoms with Crippen molar-refractivity contribution in [3.63, 3.8) is 0 Å². The second kappa shape index (κ2) is 4.61. The summed E-state index contributed by atoms with van der Waals surface area (Å²) in [6.07, 6.45) is 1.47. The first-order valence-corrected chi connectivity index (χ1v) is 4.13. The Balaban J connectivity index is 2.66. The molecule has 0 aliphatic heterocycles. The number of hydrogen-bond donors (Lipinski definition) is 3. The van der Waals surface area contributed by atoms with Gasteiger partial charge in [-0.15, -0.1) is 0 Å². The van der Waals surface area contributed by atoms with Crippen molar-refractivity contribution < 1.29 is 5.11 Å². The molecule has 0 saturated carbocycles. The normalized spacial score (nSPS) is 12.2. The molecule has 0 aliphatic carbocycles. The van der Waals surface area contributed by atoms with Gasteiger partial charge >= 0.3 is 0 Å². The lowest BCUT2D eigenvalue weighted by molar-refractivity contribution is 0.281. The van der Waals surface area contributed by atoms with Crippen LogP contribution in [-0.4, -0.2) is 34.8 Å². The minimum atomic E-state index is -0.000365. The molecule has 5 heteroatoms. The van der Waals surface area contributed by atoms with E-state index in [1.165, 1.54) is 6.33 Å². The quantitative estimate of drug-likeness (QED) is 0.625. The molecule has 1 atom stereocenters. The van der Waals surface area contributed by atoms with Crippen LogP contribution in [0.5, 0.6) is 0 Å². The zero-order valence-corrected chi connectivity index (χ0v) is 7.78. The lowest BCUT2D eigenvalue weighted by atomic mass is 10.3. The minimum Gasteiger partial charge on any atom is -0.394 e. The maximum absolute atomic E-state index is 8.80. The average molecular weight is 182 g/mol. The van der Waals surface area contributed by atoms with Crippen molar-refractivity contribution in [2.24, 2.45) is 0 Å². The molecule has 0 saturated heterocycles. The molecule has 0 aliphatic rings. The number of hydrogen-bond acceptors (Lipinski definition) is 5. The summed E-state index contributed by atoms with van der Waals surface area (Å²) in [6, 6.07) is 1.78. The third-order valence-corrected chi connectivity index (χ3v) is 1.59. The van der Waals surface area contributed by atoms with Gasteiger partial charge in [0.2, 0.25) is 0 Å². The Bertz CT molecular complexity index is 266. The molecule has 1 aromatic heterocycles. The largest absolute Gasteiger partial charge is 0.394 e. The first kappa shape index (κ1) is 9.73. The van der Waals surface area contributed by atoms with E-state index < -0.39 is 0 Å². The number of aromatic nitrogens is 2. The molecule has 1 rings (SSSR count). The van der Waals surface area contributed by atoms with Gasteiger partial charge in [0.05, 0.1) is 6.61 Å². The van der Waals surface area contributed by atoms with Crippen molar-refractivity contribution in [3.05, 3.63) is 12.4 Å². The zero-order valence-electron chi connectivity index (χ0n) is 7.78. The number of nitrogens with one attached hydrogen (secondary N) is 2. The van der Waals surface area contributed by atoms with Crippen molar-refractivity contribution >= 4 is 11.6 Å². The van der Waals surface area contributed by atoms with Crippen LogP contribution >= 0.6 is 0 Å². The Morgan fingerprint density at radius 2 is 2.15 bits per heavy atom. The van der Waals surface area contributed by atoms with E-state index in [4.69, 9.17) is 5.11 Å². The molecular weight excluding hydrogens is 168 g/mol. The second-order valence-electron chi connectivity index (χ2n) is 2.77. The predicted octanol–water partition coefficient (Wildman–Crippen LogP) is 0.311. The maximum atomic E-state index is 8.80. The van der Waals surface area contributed by atoms with E-state index >= 15 is 0 Å². The molecule has 0 aromatic carbocycles. The number of aliphatic hydroxyl groups is 1. The number of anilines is 2. The fourth-order valence-corrected chi connectivity index (χ4v) is 0.871. The van der Waals surface area contributed by atoms with Crippen LogP contribution in [0.25, 0.3) is 0 Å². The van der Waals surface area contributed by atoms with E-state index in [-0.39, 0.29) is 12.6 Å². The van der Waals surface area contributed by atoms with E-state index in [0.717, 1.165) is 5.82 Å². The number of nitrogens with zero attached hydrogens (tertiary/aromatic N) is 2. The van der Waals surface area contributed by atoms with Crippen LogP contribution in [0.3, 0.4) is 0 Å². The highest BCUT2D eigenvalue weighted by molar-refractivity contribution is 5.46. The van der Waals surface area contributed by atoms with E-state index in [1.807, 2.05) is 6.92 Å². The smallest absolute Gasteiger partial charge is 0.131 e. The maximum Gasteiger partial charge on any atom is 0.131 e. The van der Waals surface area contributed by atoms with Crippen LogP contribution in [0.15, 0.2) is 12.4 Å². The molecular formula is C8H14N4O. The van der Waals surface area contributed by atoms with Crippen molar-refractivity contribution in [3.8, 4) is 0 Å². The van der Waals surface area contributed by atoms with Crippen LogP contribution < -0.4 is 10.6 Å². The third kappa shape index (κ3) is 2.87. The fourth-order valence-electron chi connectivity index (χ4n) is 0.871. The SMILES string of the molecule is CNc1cc(NC(C)CO)ncn1. The topological polar surface area (TPSA) is 70.1 Å². The highest BCUT2D eigenvalue weighted by Crippen LogP contribution is 2.08. The molecule has 0 bridgehead atoms. The third-order valence-electron chi connectivity index (χ3n) is 1.59. The second-order valence-corrected chi connectivity index (χ2v) is 2.77. The van der Waals surface area contributed by atoms with Gasteiger partial charge < -0.3 is 15.7 Å². The van der Waals surface area contributed by atoms with Crippen molar-refractivity contribution in [2.45, 2.75) is 13.0 Å². The van der Waals surface area contributed by atoms with Gasteiger partial charge in [-0.25, -0.2) is 9.97 Å². The van der Waals surface area contributed by atoms with Crippen LogP contribution in [-0.2, 0) is 0 Å². The molecule has 1 aromatic rings. The summed E-state index contributed by atoms with van der Waals surface area (Å²) in [5.41, 5.74) is 0. The summed E-state index contributed by atoms with van der Waals surface area (Å²) in [5.74, 6) is 1.46. The van der Waals surface area contributed by atoms with Crippen LogP contribution in [0.1, 0.15) is 6.92 Å². The van der Waals surface area contributed by atoms with Gasteiger partial charge in [0.25, 0.3) is 0 Å². The molecule has 3 N–H and O–H groups in total. The van der Waals surface area contributed by atoms with Crippen LogP contribution in [0, 0.1) is 0 Å². The molecule has 0 radical (unpaired) electrons. The first-order valence-electron chi connectivity index (χ1n) is 4.13. The summed E-state index contributed by atoms with van der Waals surface area (Å²) in [4.78, 5) is 7.97. The Hall–Kier alpha value is -1.36. The highest BCUT2D eigenvalue weighted by atomic mass is 16.3. The van der Waals surface area contributed by atoms with Gasteiger partial charge in [-0.05, 0) is 6.92 Å². The Morgan fingerprint density at radius 3 is 2.77 bits per heavy atom. The molecule has 72 valence electrons. The average Bonchev–Trinajstić information content (AvgIpc) is 2.18. The van der Waals surface area contributed by atoms with E-state index in [1.54, 1.807) is 13.1 Å².